The van der Waals surface area contributed by atoms with Crippen molar-refractivity contribution in [1.82, 2.24) is 0 Å². The number of thioether (sulfide) groups is 1. The third-order valence-corrected chi connectivity index (χ3v) is 3.81. The fraction of sp³-hybridized carbons (Fsp3) is 0.889. The molecule has 2 N–H and O–H groups in total. The van der Waals surface area contributed by atoms with E-state index in [0.29, 0.717) is 5.75 Å². The number of carbonyl (C=O) groups excluding carboxylic acids is 1. The van der Waals surface area contributed by atoms with Gasteiger partial charge in [-0.15, -0.1) is 0 Å². The Balaban J connectivity index is 2.13. The molecule has 1 aliphatic rings. The molecule has 0 aromatic rings. The first kappa shape index (κ1) is 10.9. The summed E-state index contributed by atoms with van der Waals surface area (Å²) in [6.07, 6.45) is 5.20. The fourth-order valence-electron chi connectivity index (χ4n) is 1.51. The van der Waals surface area contributed by atoms with E-state index in [9.17, 15) is 4.79 Å². The second-order valence-corrected chi connectivity index (χ2v) is 4.70. The highest BCUT2D eigenvalue weighted by Crippen LogP contribution is 2.29. The quantitative estimate of drug-likeness (QED) is 0.697. The molecule has 0 aromatic carbocycles. The van der Waals surface area contributed by atoms with Crippen molar-refractivity contribution in [2.75, 3.05) is 12.9 Å². The highest BCUT2D eigenvalue weighted by atomic mass is 32.2. The van der Waals surface area contributed by atoms with Crippen LogP contribution in [-0.4, -0.2) is 30.1 Å². The number of rotatable bonds is 4. The Labute approximate surface area is 83.4 Å². The van der Waals surface area contributed by atoms with Crippen LogP contribution in [0.15, 0.2) is 0 Å². The average Bonchev–Trinajstić information content (AvgIpc) is 2.65. The molecule has 0 radical (unpaired) electrons. The van der Waals surface area contributed by atoms with Crippen LogP contribution in [-0.2, 0) is 9.53 Å². The molecule has 0 spiro atoms. The largest absolute Gasteiger partial charge is 0.468 e. The maximum absolute atomic E-state index is 11.0. The second kappa shape index (κ2) is 5.50. The van der Waals surface area contributed by atoms with E-state index in [1.165, 1.54) is 32.8 Å². The van der Waals surface area contributed by atoms with Gasteiger partial charge >= 0.3 is 5.97 Å². The summed E-state index contributed by atoms with van der Waals surface area (Å²) in [5.41, 5.74) is 5.61. The first-order chi connectivity index (χ1) is 6.24. The Morgan fingerprint density at radius 3 is 2.77 bits per heavy atom. The fourth-order valence-corrected chi connectivity index (χ4v) is 2.80. The van der Waals surface area contributed by atoms with Gasteiger partial charge in [-0.05, 0) is 12.8 Å². The van der Waals surface area contributed by atoms with E-state index in [2.05, 4.69) is 4.74 Å². The molecular formula is C9H17NO2S. The summed E-state index contributed by atoms with van der Waals surface area (Å²) in [6, 6.07) is -0.449. The summed E-state index contributed by atoms with van der Waals surface area (Å²) in [5, 5.41) is 0.718. The normalized spacial score (nSPS) is 20.2. The van der Waals surface area contributed by atoms with E-state index in [1.54, 1.807) is 0 Å². The molecule has 3 nitrogen and oxygen atoms in total. The molecule has 1 rings (SSSR count). The summed E-state index contributed by atoms with van der Waals surface area (Å²) >= 11 is 1.81. The number of hydrogen-bond donors (Lipinski definition) is 1. The summed E-state index contributed by atoms with van der Waals surface area (Å²) in [7, 11) is 1.38. The van der Waals surface area contributed by atoms with Crippen molar-refractivity contribution in [3.63, 3.8) is 0 Å². The Kier molecular flexibility index (Phi) is 4.59. The molecule has 0 bridgehead atoms. The lowest BCUT2D eigenvalue weighted by Gasteiger charge is -2.12. The maximum atomic E-state index is 11.0. The number of methoxy groups -OCH3 is 1. The van der Waals surface area contributed by atoms with E-state index in [4.69, 9.17) is 5.73 Å². The molecule has 1 fully saturated rings. The van der Waals surface area contributed by atoms with Crippen LogP contribution in [0.4, 0.5) is 0 Å². The van der Waals surface area contributed by atoms with Crippen molar-refractivity contribution in [2.45, 2.75) is 37.0 Å². The van der Waals surface area contributed by atoms with Gasteiger partial charge in [0.2, 0.25) is 0 Å². The summed E-state index contributed by atoms with van der Waals surface area (Å²) in [6.45, 7) is 0. The Hall–Kier alpha value is -0.220. The van der Waals surface area contributed by atoms with Crippen molar-refractivity contribution < 1.29 is 9.53 Å². The highest BCUT2D eigenvalue weighted by molar-refractivity contribution is 8.00. The zero-order chi connectivity index (χ0) is 9.68. The molecule has 0 aromatic heterocycles. The van der Waals surface area contributed by atoms with Gasteiger partial charge < -0.3 is 10.5 Å². The van der Waals surface area contributed by atoms with E-state index < -0.39 is 6.04 Å². The van der Waals surface area contributed by atoms with E-state index in [-0.39, 0.29) is 5.97 Å². The topological polar surface area (TPSA) is 52.3 Å². The van der Waals surface area contributed by atoms with Gasteiger partial charge in [-0.3, -0.25) is 4.79 Å². The van der Waals surface area contributed by atoms with Gasteiger partial charge in [-0.2, -0.15) is 11.8 Å². The van der Waals surface area contributed by atoms with Gasteiger partial charge in [0.05, 0.1) is 7.11 Å². The molecule has 0 amide bonds. The Morgan fingerprint density at radius 1 is 1.62 bits per heavy atom. The number of esters is 1. The van der Waals surface area contributed by atoms with Crippen LogP contribution in [0.3, 0.4) is 0 Å². The van der Waals surface area contributed by atoms with E-state index >= 15 is 0 Å². The lowest BCUT2D eigenvalue weighted by molar-refractivity contribution is -0.141. The smallest absolute Gasteiger partial charge is 0.323 e. The molecular weight excluding hydrogens is 186 g/mol. The zero-order valence-corrected chi connectivity index (χ0v) is 8.81. The van der Waals surface area contributed by atoms with Crippen LogP contribution < -0.4 is 5.73 Å². The molecule has 1 atom stereocenters. The van der Waals surface area contributed by atoms with Gasteiger partial charge in [-0.25, -0.2) is 0 Å². The van der Waals surface area contributed by atoms with Crippen LogP contribution in [0.2, 0.25) is 0 Å². The van der Waals surface area contributed by atoms with Crippen LogP contribution in [0.25, 0.3) is 0 Å². The third-order valence-electron chi connectivity index (χ3n) is 2.32. The summed E-state index contributed by atoms with van der Waals surface area (Å²) in [4.78, 5) is 11.0. The van der Waals surface area contributed by atoms with E-state index in [0.717, 1.165) is 5.25 Å². The van der Waals surface area contributed by atoms with Gasteiger partial charge in [0.1, 0.15) is 6.04 Å². The molecule has 76 valence electrons. The van der Waals surface area contributed by atoms with Crippen LogP contribution in [0.1, 0.15) is 25.7 Å². The molecule has 1 unspecified atom stereocenters. The van der Waals surface area contributed by atoms with Crippen LogP contribution >= 0.6 is 11.8 Å². The molecule has 0 heterocycles. The SMILES string of the molecule is COC(=O)C(N)CSC1CCCC1. The third kappa shape index (κ3) is 3.56. The number of nitrogens with two attached hydrogens (primary N) is 1. The highest BCUT2D eigenvalue weighted by Gasteiger charge is 2.19. The standard InChI is InChI=1S/C9H17NO2S/c1-12-9(11)8(10)6-13-7-4-2-3-5-7/h7-8H,2-6,10H2,1H3. The number of carbonyl (C=O) groups is 1. The average molecular weight is 203 g/mol. The minimum atomic E-state index is -0.449. The zero-order valence-electron chi connectivity index (χ0n) is 7.99. The van der Waals surface area contributed by atoms with Crippen molar-refractivity contribution >= 4 is 17.7 Å². The first-order valence-corrected chi connectivity index (χ1v) is 5.74. The minimum Gasteiger partial charge on any atom is -0.468 e. The van der Waals surface area contributed by atoms with Gasteiger partial charge in [0.25, 0.3) is 0 Å². The molecule has 1 saturated carbocycles. The van der Waals surface area contributed by atoms with Gasteiger partial charge in [0.15, 0.2) is 0 Å². The van der Waals surface area contributed by atoms with Crippen molar-refractivity contribution in [3.05, 3.63) is 0 Å². The van der Waals surface area contributed by atoms with Crippen LogP contribution in [0, 0.1) is 0 Å². The minimum absolute atomic E-state index is 0.300. The second-order valence-electron chi connectivity index (χ2n) is 3.37. The van der Waals surface area contributed by atoms with Crippen molar-refractivity contribution in [1.29, 1.82) is 0 Å². The van der Waals surface area contributed by atoms with Crippen molar-refractivity contribution in [3.8, 4) is 0 Å². The molecule has 0 saturated heterocycles. The van der Waals surface area contributed by atoms with E-state index in [1.807, 2.05) is 11.8 Å². The molecule has 13 heavy (non-hydrogen) atoms. The first-order valence-electron chi connectivity index (χ1n) is 4.69. The lowest BCUT2D eigenvalue weighted by atomic mass is 10.4. The van der Waals surface area contributed by atoms with Gasteiger partial charge in [0, 0.05) is 11.0 Å². The molecule has 4 heteroatoms. The predicted molar refractivity (Wildman–Crippen MR) is 54.7 cm³/mol. The predicted octanol–water partition coefficient (Wildman–Crippen LogP) is 1.16. The maximum Gasteiger partial charge on any atom is 0.323 e. The van der Waals surface area contributed by atoms with Crippen LogP contribution in [0.5, 0.6) is 0 Å². The molecule has 1 aliphatic carbocycles. The summed E-state index contributed by atoms with van der Waals surface area (Å²) in [5.74, 6) is 0.391. The van der Waals surface area contributed by atoms with Crippen molar-refractivity contribution in [2.24, 2.45) is 5.73 Å². The monoisotopic (exact) mass is 203 g/mol. The summed E-state index contributed by atoms with van der Waals surface area (Å²) < 4.78 is 4.55. The lowest BCUT2D eigenvalue weighted by Crippen LogP contribution is -2.34. The number of hydrogen-bond acceptors (Lipinski definition) is 4. The molecule has 0 aliphatic heterocycles. The number of ether oxygens (including phenoxy) is 1. The van der Waals surface area contributed by atoms with Gasteiger partial charge in [-0.1, -0.05) is 12.8 Å². The Morgan fingerprint density at radius 2 is 2.23 bits per heavy atom. The Bertz CT molecular complexity index is 169.